The van der Waals surface area contributed by atoms with E-state index in [1.807, 2.05) is 11.9 Å². The van der Waals surface area contributed by atoms with Crippen molar-refractivity contribution in [1.82, 2.24) is 14.5 Å². The summed E-state index contributed by atoms with van der Waals surface area (Å²) in [7, 11) is 0. The Balaban J connectivity index is 1.19. The monoisotopic (exact) mass is 356 g/mol. The van der Waals surface area contributed by atoms with Crippen LogP contribution in [0, 0.1) is 17.2 Å². The Labute approximate surface area is 155 Å². The van der Waals surface area contributed by atoms with Crippen LogP contribution >= 0.6 is 11.9 Å². The van der Waals surface area contributed by atoms with Crippen LogP contribution in [0.2, 0.25) is 0 Å². The fraction of sp³-hybridized carbons (Fsp3) is 0.650. The van der Waals surface area contributed by atoms with Crippen molar-refractivity contribution in [3.8, 4) is 6.07 Å². The van der Waals surface area contributed by atoms with Crippen molar-refractivity contribution in [3.05, 3.63) is 35.9 Å². The molecule has 4 rings (SSSR count). The van der Waals surface area contributed by atoms with E-state index in [9.17, 15) is 5.26 Å². The molecule has 2 heterocycles. The topological polar surface area (TPSA) is 42.3 Å². The second kappa shape index (κ2) is 7.28. The summed E-state index contributed by atoms with van der Waals surface area (Å²) in [5.74, 6) is 2.59. The summed E-state index contributed by atoms with van der Waals surface area (Å²) < 4.78 is 2.41. The van der Waals surface area contributed by atoms with Gasteiger partial charge in [-0.05, 0) is 17.9 Å². The van der Waals surface area contributed by atoms with Gasteiger partial charge in [-0.1, -0.05) is 49.2 Å². The van der Waals surface area contributed by atoms with E-state index in [0.29, 0.717) is 18.4 Å². The highest BCUT2D eigenvalue weighted by Crippen LogP contribution is 2.42. The minimum absolute atomic E-state index is 0.138. The number of hydrogen-bond donors (Lipinski definition) is 1. The molecule has 1 aromatic carbocycles. The Morgan fingerprint density at radius 1 is 1.28 bits per heavy atom. The molecule has 4 nitrogen and oxygen atoms in total. The van der Waals surface area contributed by atoms with Crippen molar-refractivity contribution < 1.29 is 0 Å². The summed E-state index contributed by atoms with van der Waals surface area (Å²) in [5, 5.41) is 13.0. The first kappa shape index (κ1) is 17.4. The molecule has 1 aliphatic carbocycles. The first-order valence-electron chi connectivity index (χ1n) is 9.52. The van der Waals surface area contributed by atoms with E-state index in [1.165, 1.54) is 12.0 Å². The number of benzene rings is 1. The highest BCUT2D eigenvalue weighted by atomic mass is 32.2. The lowest BCUT2D eigenvalue weighted by Gasteiger charge is -2.59. The Morgan fingerprint density at radius 3 is 2.72 bits per heavy atom. The van der Waals surface area contributed by atoms with Gasteiger partial charge in [0.1, 0.15) is 0 Å². The van der Waals surface area contributed by atoms with Crippen molar-refractivity contribution in [2.75, 3.05) is 38.5 Å². The lowest BCUT2D eigenvalue weighted by atomic mass is 9.81. The van der Waals surface area contributed by atoms with Crippen molar-refractivity contribution in [1.29, 1.82) is 5.26 Å². The summed E-state index contributed by atoms with van der Waals surface area (Å²) in [6.45, 7) is 7.74. The van der Waals surface area contributed by atoms with Gasteiger partial charge in [0.15, 0.2) is 0 Å². The van der Waals surface area contributed by atoms with Crippen molar-refractivity contribution in [2.45, 2.75) is 37.3 Å². The predicted molar refractivity (Wildman–Crippen MR) is 103 cm³/mol. The lowest BCUT2D eigenvalue weighted by Crippen LogP contribution is -2.73. The first-order chi connectivity index (χ1) is 12.2. The molecule has 2 unspecified atom stereocenters. The van der Waals surface area contributed by atoms with E-state index >= 15 is 0 Å². The van der Waals surface area contributed by atoms with Crippen LogP contribution < -0.4 is 5.32 Å². The maximum Gasteiger partial charge on any atom is 0.0642 e. The third-order valence-corrected chi connectivity index (χ3v) is 6.86. The van der Waals surface area contributed by atoms with Gasteiger partial charge in [0.05, 0.1) is 18.0 Å². The molecule has 1 aromatic rings. The minimum Gasteiger partial charge on any atom is -0.313 e. The minimum atomic E-state index is 0.138. The van der Waals surface area contributed by atoms with Gasteiger partial charge in [0, 0.05) is 50.4 Å². The van der Waals surface area contributed by atoms with Gasteiger partial charge in [-0.15, -0.1) is 0 Å². The highest BCUT2D eigenvalue weighted by Gasteiger charge is 2.51. The van der Waals surface area contributed by atoms with E-state index in [2.05, 4.69) is 57.8 Å². The Kier molecular flexibility index (Phi) is 5.06. The van der Waals surface area contributed by atoms with Crippen LogP contribution in [0.4, 0.5) is 0 Å². The Bertz CT molecular complexity index is 616. The van der Waals surface area contributed by atoms with Gasteiger partial charge in [-0.25, -0.2) is 4.31 Å². The van der Waals surface area contributed by atoms with E-state index < -0.39 is 0 Å². The van der Waals surface area contributed by atoms with Gasteiger partial charge in [-0.2, -0.15) is 5.26 Å². The molecule has 134 valence electrons. The lowest BCUT2D eigenvalue weighted by molar-refractivity contribution is -0.0721. The first-order valence-corrected chi connectivity index (χ1v) is 10.5. The standard InChI is InChI=1S/C20H28N4S/c1-2-25-24-14-20(15-24,8-9-21)23-12-16(13-23)11-22-19-10-18(19)17-6-4-3-5-7-17/h3-7,16,18-19,22H,2,8,10-15H2,1H3. The highest BCUT2D eigenvalue weighted by molar-refractivity contribution is 7.97. The van der Waals surface area contributed by atoms with Crippen LogP contribution in [-0.4, -0.2) is 59.3 Å². The molecule has 1 N–H and O–H groups in total. The van der Waals surface area contributed by atoms with Crippen LogP contribution in [0.15, 0.2) is 30.3 Å². The Morgan fingerprint density at radius 2 is 2.04 bits per heavy atom. The summed E-state index contributed by atoms with van der Waals surface area (Å²) in [5.41, 5.74) is 1.62. The van der Waals surface area contributed by atoms with E-state index in [0.717, 1.165) is 44.4 Å². The van der Waals surface area contributed by atoms with Crippen molar-refractivity contribution >= 4 is 11.9 Å². The zero-order valence-corrected chi connectivity index (χ0v) is 15.8. The zero-order valence-electron chi connectivity index (χ0n) is 15.0. The molecule has 2 atom stereocenters. The molecule has 0 aromatic heterocycles. The molecule has 3 aliphatic rings. The van der Waals surface area contributed by atoms with Gasteiger partial charge in [-0.3, -0.25) is 4.90 Å². The fourth-order valence-corrected chi connectivity index (χ4v) is 5.38. The molecular weight excluding hydrogens is 328 g/mol. The largest absolute Gasteiger partial charge is 0.313 e. The molecule has 2 aliphatic heterocycles. The summed E-state index contributed by atoms with van der Waals surface area (Å²) >= 11 is 1.90. The quantitative estimate of drug-likeness (QED) is 0.726. The van der Waals surface area contributed by atoms with E-state index in [4.69, 9.17) is 0 Å². The Hall–Kier alpha value is -1.06. The van der Waals surface area contributed by atoms with Gasteiger partial charge < -0.3 is 5.32 Å². The smallest absolute Gasteiger partial charge is 0.0642 e. The molecule has 0 bridgehead atoms. The van der Waals surface area contributed by atoms with Crippen LogP contribution in [-0.2, 0) is 0 Å². The van der Waals surface area contributed by atoms with Gasteiger partial charge in [0.2, 0.25) is 0 Å². The molecule has 2 saturated heterocycles. The number of rotatable bonds is 8. The number of hydrogen-bond acceptors (Lipinski definition) is 5. The second-order valence-corrected chi connectivity index (χ2v) is 9.17. The summed E-state index contributed by atoms with van der Waals surface area (Å²) in [6, 6.07) is 14.0. The SMILES string of the molecule is CCSN1CC(CC#N)(N2CC(CNC3CC3c3ccccc3)C2)C1. The van der Waals surface area contributed by atoms with Gasteiger partial charge in [0.25, 0.3) is 0 Å². The number of nitrogens with one attached hydrogen (secondary N) is 1. The third kappa shape index (κ3) is 3.59. The van der Waals surface area contributed by atoms with Crippen molar-refractivity contribution in [2.24, 2.45) is 5.92 Å². The normalized spacial score (nSPS) is 28.8. The number of nitrogens with zero attached hydrogens (tertiary/aromatic N) is 3. The maximum absolute atomic E-state index is 9.22. The van der Waals surface area contributed by atoms with Crippen LogP contribution in [0.25, 0.3) is 0 Å². The molecule has 25 heavy (non-hydrogen) atoms. The van der Waals surface area contributed by atoms with E-state index in [1.54, 1.807) is 0 Å². The van der Waals surface area contributed by atoms with Crippen LogP contribution in [0.1, 0.15) is 31.2 Å². The summed E-state index contributed by atoms with van der Waals surface area (Å²) in [6.07, 6.45) is 1.95. The molecule has 0 radical (unpaired) electrons. The molecule has 3 fully saturated rings. The van der Waals surface area contributed by atoms with Gasteiger partial charge >= 0.3 is 0 Å². The summed E-state index contributed by atoms with van der Waals surface area (Å²) in [4.78, 5) is 2.57. The zero-order chi connectivity index (χ0) is 17.3. The van der Waals surface area contributed by atoms with Crippen molar-refractivity contribution in [3.63, 3.8) is 0 Å². The molecule has 1 saturated carbocycles. The molecule has 0 spiro atoms. The van der Waals surface area contributed by atoms with Crippen LogP contribution in [0.3, 0.4) is 0 Å². The third-order valence-electron chi connectivity index (χ3n) is 5.98. The molecular formula is C20H28N4S. The second-order valence-electron chi connectivity index (χ2n) is 7.81. The molecule has 5 heteroatoms. The van der Waals surface area contributed by atoms with E-state index in [-0.39, 0.29) is 5.54 Å². The fourth-order valence-electron chi connectivity index (χ4n) is 4.35. The average Bonchev–Trinajstić information content (AvgIpc) is 3.32. The predicted octanol–water partition coefficient (Wildman–Crippen LogP) is 2.70. The average molecular weight is 357 g/mol. The number of likely N-dealkylation sites (tertiary alicyclic amines) is 1. The molecule has 0 amide bonds. The maximum atomic E-state index is 9.22. The number of nitriles is 1. The van der Waals surface area contributed by atoms with Crippen LogP contribution in [0.5, 0.6) is 0 Å².